The molecule has 0 aromatic heterocycles. The molecule has 1 fully saturated rings. The van der Waals surface area contributed by atoms with Gasteiger partial charge in [-0.1, -0.05) is 52.1 Å². The van der Waals surface area contributed by atoms with Crippen LogP contribution in [0.3, 0.4) is 0 Å². The summed E-state index contributed by atoms with van der Waals surface area (Å²) in [6.45, 7) is 10.4. The molecule has 37 heavy (non-hydrogen) atoms. The van der Waals surface area contributed by atoms with Gasteiger partial charge in [-0.25, -0.2) is 9.18 Å². The van der Waals surface area contributed by atoms with Crippen molar-refractivity contribution in [2.24, 2.45) is 17.0 Å². The molecule has 0 aliphatic heterocycles. The summed E-state index contributed by atoms with van der Waals surface area (Å²) in [6.07, 6.45) is 5.46. The summed E-state index contributed by atoms with van der Waals surface area (Å²) in [4.78, 5) is 15.3. The lowest BCUT2D eigenvalue weighted by Crippen LogP contribution is -2.39. The number of hydrogen-bond acceptors (Lipinski definition) is 4. The first-order valence-corrected chi connectivity index (χ1v) is 13.9. The number of anilines is 3. The van der Waals surface area contributed by atoms with Crippen molar-refractivity contribution in [3.05, 3.63) is 52.3 Å². The predicted octanol–water partition coefficient (Wildman–Crippen LogP) is 7.41. The van der Waals surface area contributed by atoms with Gasteiger partial charge in [-0.15, -0.1) is 0 Å². The van der Waals surface area contributed by atoms with Crippen LogP contribution in [0.15, 0.2) is 46.0 Å². The molecule has 0 heterocycles. The molecule has 2 aromatic rings. The lowest BCUT2D eigenvalue weighted by atomic mass is 9.96. The van der Waals surface area contributed by atoms with E-state index in [0.717, 1.165) is 44.5 Å². The Bertz CT molecular complexity index is 1080. The Morgan fingerprint density at radius 3 is 2.32 bits per heavy atom. The van der Waals surface area contributed by atoms with Gasteiger partial charge >= 0.3 is 6.03 Å². The van der Waals surface area contributed by atoms with Crippen LogP contribution >= 0.6 is 15.9 Å². The standard InChI is InChI=1S/C28H39BrFN5O2/c1-18(2)16-35(17-19(3)4)26-13-10-20(27(34-37)31-22-11-12-24(30)23(29)15-22)14-25(26)33-28(36)32-21-8-6-5-7-9-21/h10-15,18-19,21,37H,5-9,16-17H2,1-4H3,(H,31,34)(H2,32,33,36). The monoisotopic (exact) mass is 575 g/mol. The predicted molar refractivity (Wildman–Crippen MR) is 153 cm³/mol. The fourth-order valence-corrected chi connectivity index (χ4v) is 5.05. The van der Waals surface area contributed by atoms with Gasteiger partial charge in [0.05, 0.1) is 15.8 Å². The molecule has 0 bridgehead atoms. The molecule has 7 nitrogen and oxygen atoms in total. The number of oxime groups is 1. The first kappa shape index (κ1) is 28.8. The normalized spacial score (nSPS) is 14.6. The van der Waals surface area contributed by atoms with Crippen LogP contribution in [0.2, 0.25) is 0 Å². The molecule has 0 radical (unpaired) electrons. The highest BCUT2D eigenvalue weighted by atomic mass is 79.9. The third-order valence-corrected chi connectivity index (χ3v) is 6.86. The van der Waals surface area contributed by atoms with Crippen LogP contribution in [-0.4, -0.2) is 36.2 Å². The fraction of sp³-hybridized carbons (Fsp3) is 0.500. The first-order valence-electron chi connectivity index (χ1n) is 13.1. The molecule has 2 aromatic carbocycles. The van der Waals surface area contributed by atoms with Crippen molar-refractivity contribution in [1.82, 2.24) is 5.32 Å². The highest BCUT2D eigenvalue weighted by Crippen LogP contribution is 2.30. The Balaban J connectivity index is 1.93. The molecule has 3 rings (SSSR count). The molecular formula is C28H39BrFN5O2. The fourth-order valence-electron chi connectivity index (χ4n) is 4.67. The molecule has 1 saturated carbocycles. The number of halogens is 2. The van der Waals surface area contributed by atoms with Crippen molar-refractivity contribution in [1.29, 1.82) is 0 Å². The van der Waals surface area contributed by atoms with E-state index in [0.29, 0.717) is 33.2 Å². The topological polar surface area (TPSA) is 89.0 Å². The van der Waals surface area contributed by atoms with Crippen LogP contribution in [0.1, 0.15) is 65.4 Å². The Kier molecular flexibility index (Phi) is 10.6. The minimum absolute atomic E-state index is 0.177. The average molecular weight is 577 g/mol. The summed E-state index contributed by atoms with van der Waals surface area (Å²) in [5.74, 6) is 0.648. The Morgan fingerprint density at radius 1 is 1.05 bits per heavy atom. The molecule has 0 atom stereocenters. The van der Waals surface area contributed by atoms with Crippen LogP contribution in [-0.2, 0) is 0 Å². The van der Waals surface area contributed by atoms with Crippen molar-refractivity contribution in [3.63, 3.8) is 0 Å². The molecule has 0 unspecified atom stereocenters. The number of amidine groups is 1. The zero-order valence-corrected chi connectivity index (χ0v) is 23.7. The highest BCUT2D eigenvalue weighted by molar-refractivity contribution is 9.10. The smallest absolute Gasteiger partial charge is 0.319 e. The van der Waals surface area contributed by atoms with Crippen LogP contribution in [0.4, 0.5) is 26.2 Å². The molecule has 1 aliphatic rings. The van der Waals surface area contributed by atoms with Gasteiger partial charge in [-0.2, -0.15) is 0 Å². The summed E-state index contributed by atoms with van der Waals surface area (Å²) in [7, 11) is 0. The van der Waals surface area contributed by atoms with Gasteiger partial charge in [0.1, 0.15) is 5.82 Å². The second-order valence-corrected chi connectivity index (χ2v) is 11.4. The molecule has 0 spiro atoms. The minimum atomic E-state index is -0.386. The van der Waals surface area contributed by atoms with Gasteiger partial charge in [0.2, 0.25) is 0 Å². The van der Waals surface area contributed by atoms with E-state index >= 15 is 0 Å². The van der Waals surface area contributed by atoms with Crippen molar-refractivity contribution in [3.8, 4) is 0 Å². The minimum Gasteiger partial charge on any atom is -0.409 e. The maximum Gasteiger partial charge on any atom is 0.319 e. The number of nitrogens with one attached hydrogen (secondary N) is 3. The largest absolute Gasteiger partial charge is 0.409 e. The third kappa shape index (κ3) is 8.62. The van der Waals surface area contributed by atoms with Crippen molar-refractivity contribution in [2.75, 3.05) is 28.6 Å². The molecule has 2 amide bonds. The average Bonchev–Trinajstić information content (AvgIpc) is 2.84. The van der Waals surface area contributed by atoms with Gasteiger partial charge in [-0.3, -0.25) is 0 Å². The number of benzene rings is 2. The summed E-state index contributed by atoms with van der Waals surface area (Å²) >= 11 is 3.18. The van der Waals surface area contributed by atoms with Crippen LogP contribution in [0.5, 0.6) is 0 Å². The Hall–Kier alpha value is -2.81. The summed E-state index contributed by atoms with van der Waals surface area (Å²) in [5.41, 5.74) is 2.67. The molecule has 4 N–H and O–H groups in total. The zero-order chi connectivity index (χ0) is 26.9. The summed E-state index contributed by atoms with van der Waals surface area (Å²) < 4.78 is 14.0. The highest BCUT2D eigenvalue weighted by Gasteiger charge is 2.20. The van der Waals surface area contributed by atoms with Crippen molar-refractivity contribution in [2.45, 2.75) is 65.8 Å². The molecule has 0 saturated heterocycles. The number of amides is 2. The van der Waals surface area contributed by atoms with E-state index in [9.17, 15) is 14.4 Å². The second kappa shape index (κ2) is 13.7. The lowest BCUT2D eigenvalue weighted by molar-refractivity contribution is 0.244. The van der Waals surface area contributed by atoms with Gasteiger partial charge in [0.15, 0.2) is 5.84 Å². The van der Waals surface area contributed by atoms with Crippen LogP contribution in [0, 0.1) is 17.7 Å². The van der Waals surface area contributed by atoms with E-state index < -0.39 is 0 Å². The van der Waals surface area contributed by atoms with Gasteiger partial charge in [0, 0.05) is 30.4 Å². The maximum atomic E-state index is 13.7. The maximum absolute atomic E-state index is 13.7. The van der Waals surface area contributed by atoms with Crippen molar-refractivity contribution >= 4 is 44.9 Å². The van der Waals surface area contributed by atoms with Gasteiger partial charge in [0.25, 0.3) is 0 Å². The van der Waals surface area contributed by atoms with E-state index in [-0.39, 0.29) is 23.7 Å². The molecule has 1 aliphatic carbocycles. The summed E-state index contributed by atoms with van der Waals surface area (Å²) in [5, 5.41) is 22.5. The van der Waals surface area contributed by atoms with Gasteiger partial charge < -0.3 is 26.1 Å². The SMILES string of the molecule is CC(C)CN(CC(C)C)c1ccc(C(=NO)Nc2ccc(F)c(Br)c2)cc1NC(=O)NC1CCCCC1. The number of carbonyl (C=O) groups excluding carboxylic acids is 1. The second-order valence-electron chi connectivity index (χ2n) is 10.6. The molecule has 202 valence electrons. The number of rotatable bonds is 9. The molecule has 9 heteroatoms. The lowest BCUT2D eigenvalue weighted by Gasteiger charge is -2.31. The Labute approximate surface area is 228 Å². The van der Waals surface area contributed by atoms with Crippen molar-refractivity contribution < 1.29 is 14.4 Å². The number of hydrogen-bond donors (Lipinski definition) is 4. The van der Waals surface area contributed by atoms with E-state index in [2.05, 4.69) is 69.6 Å². The van der Waals surface area contributed by atoms with Crippen LogP contribution in [0.25, 0.3) is 0 Å². The van der Waals surface area contributed by atoms with Gasteiger partial charge in [-0.05, 0) is 77.0 Å². The first-order chi connectivity index (χ1) is 17.7. The van der Waals surface area contributed by atoms with E-state index in [1.165, 1.54) is 12.5 Å². The van der Waals surface area contributed by atoms with E-state index in [4.69, 9.17) is 0 Å². The zero-order valence-electron chi connectivity index (χ0n) is 22.2. The number of carbonyl (C=O) groups is 1. The number of nitrogens with zero attached hydrogens (tertiary/aromatic N) is 2. The Morgan fingerprint density at radius 2 is 1.73 bits per heavy atom. The number of urea groups is 1. The van der Waals surface area contributed by atoms with E-state index in [1.54, 1.807) is 12.1 Å². The third-order valence-electron chi connectivity index (χ3n) is 6.25. The van der Waals surface area contributed by atoms with E-state index in [1.807, 2.05) is 18.2 Å². The summed E-state index contributed by atoms with van der Waals surface area (Å²) in [6, 6.07) is 10.0. The quantitative estimate of drug-likeness (QED) is 0.108. The van der Waals surface area contributed by atoms with Crippen LogP contribution < -0.4 is 20.9 Å². The molecular weight excluding hydrogens is 537 g/mol.